The molecule has 7 rings (SSSR count). The number of nitrogen functional groups attached to an aromatic ring is 1. The van der Waals surface area contributed by atoms with Gasteiger partial charge in [-0.25, -0.2) is 4.68 Å². The third-order valence-electron chi connectivity index (χ3n) is 16.9. The first-order valence-electron chi connectivity index (χ1n) is 19.9. The zero-order valence-electron chi connectivity index (χ0n) is 32.7. The van der Waals surface area contributed by atoms with Crippen LogP contribution in [0, 0.1) is 62.6 Å². The zero-order valence-corrected chi connectivity index (χ0v) is 32.7. The maximum absolute atomic E-state index is 13.5. The van der Waals surface area contributed by atoms with Gasteiger partial charge in [0.2, 0.25) is 5.95 Å². The molecule has 50 heavy (non-hydrogen) atoms. The van der Waals surface area contributed by atoms with Gasteiger partial charge >= 0.3 is 5.97 Å². The molecule has 1 aromatic heterocycles. The standard InChI is InChI=1S/C41H67N5O4/c1-23(2)25(5)36(6)17-18-38(8)27-13-14-30-37(7)20-49-22-41(30,28(27)15-16-39(38,9)31(36)34(47)48)19-29(32(37)50-21-40(10,43)24(3)4)46-33(26-11-12-26)44-35(42)45-46/h15,23-27,29-32H,11-14,16-22,43H2,1-10H3,(H2,42,45)(H,47,48)/t25-,27+,29-,30+,31-,32+,36-,37+,38-,39+,40+,41+/m1/s1. The number of nitrogens with two attached hydrogens (primary N) is 2. The Hall–Kier alpha value is -1.97. The molecule has 0 spiro atoms. The lowest BCUT2D eigenvalue weighted by atomic mass is 9.34. The number of ether oxygens (including phenoxy) is 2. The lowest BCUT2D eigenvalue weighted by Gasteiger charge is -2.71. The number of hydrogen-bond donors (Lipinski definition) is 3. The van der Waals surface area contributed by atoms with E-state index in [9.17, 15) is 9.90 Å². The van der Waals surface area contributed by atoms with Crippen LogP contribution in [0.3, 0.4) is 0 Å². The van der Waals surface area contributed by atoms with Crippen LogP contribution in [0.4, 0.5) is 5.95 Å². The van der Waals surface area contributed by atoms with Crippen LogP contribution in [-0.2, 0) is 14.3 Å². The molecule has 5 N–H and O–H groups in total. The molecule has 5 aliphatic carbocycles. The summed E-state index contributed by atoms with van der Waals surface area (Å²) in [4.78, 5) is 18.3. The molecule has 9 heteroatoms. The van der Waals surface area contributed by atoms with Crippen LogP contribution in [0.25, 0.3) is 0 Å². The summed E-state index contributed by atoms with van der Waals surface area (Å²) in [5.74, 6) is 2.38. The Morgan fingerprint density at radius 3 is 2.40 bits per heavy atom. The van der Waals surface area contributed by atoms with Crippen LogP contribution in [0.5, 0.6) is 0 Å². The zero-order chi connectivity index (χ0) is 36.4. The van der Waals surface area contributed by atoms with Crippen molar-refractivity contribution in [3.63, 3.8) is 0 Å². The molecule has 0 aromatic carbocycles. The third kappa shape index (κ3) is 4.97. The summed E-state index contributed by atoms with van der Waals surface area (Å²) in [7, 11) is 0. The van der Waals surface area contributed by atoms with Gasteiger partial charge in [-0.15, -0.1) is 5.10 Å². The van der Waals surface area contributed by atoms with Gasteiger partial charge in [-0.3, -0.25) is 4.79 Å². The Labute approximate surface area is 301 Å². The number of carbonyl (C=O) groups is 1. The smallest absolute Gasteiger partial charge is 0.307 e. The Bertz CT molecular complexity index is 1530. The van der Waals surface area contributed by atoms with E-state index in [2.05, 4.69) is 80.0 Å². The molecule has 280 valence electrons. The van der Waals surface area contributed by atoms with Crippen LogP contribution in [0.2, 0.25) is 0 Å². The summed E-state index contributed by atoms with van der Waals surface area (Å²) in [6.07, 6.45) is 10.4. The molecular weight excluding hydrogens is 626 g/mol. The van der Waals surface area contributed by atoms with Crippen molar-refractivity contribution in [1.29, 1.82) is 0 Å². The lowest BCUT2D eigenvalue weighted by molar-refractivity contribution is -0.252. The molecule has 2 heterocycles. The second-order valence-corrected chi connectivity index (χ2v) is 20.1. The first kappa shape index (κ1) is 36.4. The second-order valence-electron chi connectivity index (χ2n) is 20.1. The average molecular weight is 694 g/mol. The maximum Gasteiger partial charge on any atom is 0.307 e. The van der Waals surface area contributed by atoms with E-state index in [1.807, 2.05) is 0 Å². The molecule has 1 saturated heterocycles. The highest BCUT2D eigenvalue weighted by atomic mass is 16.5. The summed E-state index contributed by atoms with van der Waals surface area (Å²) < 4.78 is 16.1. The number of anilines is 1. The van der Waals surface area contributed by atoms with Crippen LogP contribution in [0.15, 0.2) is 11.6 Å². The van der Waals surface area contributed by atoms with Crippen molar-refractivity contribution in [3.8, 4) is 0 Å². The number of rotatable bonds is 9. The van der Waals surface area contributed by atoms with Crippen molar-refractivity contribution in [1.82, 2.24) is 14.8 Å². The van der Waals surface area contributed by atoms with E-state index in [1.54, 1.807) is 0 Å². The lowest BCUT2D eigenvalue weighted by Crippen LogP contribution is -2.69. The van der Waals surface area contributed by atoms with Crippen LogP contribution < -0.4 is 11.5 Å². The van der Waals surface area contributed by atoms with Crippen molar-refractivity contribution in [2.75, 3.05) is 25.6 Å². The Balaban J connectivity index is 1.34. The van der Waals surface area contributed by atoms with E-state index in [0.717, 1.165) is 57.2 Å². The van der Waals surface area contributed by atoms with E-state index in [0.29, 0.717) is 55.4 Å². The second kappa shape index (κ2) is 11.8. The minimum absolute atomic E-state index is 0.0578. The molecule has 6 aliphatic rings. The Morgan fingerprint density at radius 1 is 1.08 bits per heavy atom. The van der Waals surface area contributed by atoms with E-state index in [-0.39, 0.29) is 45.1 Å². The Morgan fingerprint density at radius 2 is 1.78 bits per heavy atom. The molecule has 0 unspecified atom stereocenters. The van der Waals surface area contributed by atoms with Crippen molar-refractivity contribution in [3.05, 3.63) is 17.5 Å². The molecule has 5 fully saturated rings. The van der Waals surface area contributed by atoms with Gasteiger partial charge in [0.25, 0.3) is 0 Å². The first-order valence-corrected chi connectivity index (χ1v) is 19.9. The number of hydrogen-bond acceptors (Lipinski definition) is 7. The number of aromatic nitrogens is 3. The van der Waals surface area contributed by atoms with E-state index < -0.39 is 17.4 Å². The number of aliphatic carboxylic acids is 1. The predicted molar refractivity (Wildman–Crippen MR) is 196 cm³/mol. The number of nitrogens with zero attached hydrogens (tertiary/aromatic N) is 3. The van der Waals surface area contributed by atoms with Gasteiger partial charge in [-0.1, -0.05) is 74.0 Å². The summed E-state index contributed by atoms with van der Waals surface area (Å²) >= 11 is 0. The van der Waals surface area contributed by atoms with Crippen molar-refractivity contribution in [2.24, 2.45) is 68.3 Å². The molecule has 1 aliphatic heterocycles. The van der Waals surface area contributed by atoms with Crippen molar-refractivity contribution in [2.45, 2.75) is 144 Å². The third-order valence-corrected chi connectivity index (χ3v) is 16.9. The minimum Gasteiger partial charge on any atom is -0.481 e. The van der Waals surface area contributed by atoms with E-state index in [1.165, 1.54) is 5.57 Å². The normalized spacial score (nSPS) is 44.5. The van der Waals surface area contributed by atoms with Crippen molar-refractivity contribution >= 4 is 11.9 Å². The summed E-state index contributed by atoms with van der Waals surface area (Å²) in [6.45, 7) is 24.5. The van der Waals surface area contributed by atoms with Gasteiger partial charge in [0.15, 0.2) is 0 Å². The molecule has 1 aromatic rings. The minimum atomic E-state index is -0.618. The van der Waals surface area contributed by atoms with Gasteiger partial charge in [0.1, 0.15) is 5.82 Å². The highest BCUT2D eigenvalue weighted by molar-refractivity contribution is 5.73. The molecule has 12 atom stereocenters. The van der Waals surface area contributed by atoms with Crippen LogP contribution in [0.1, 0.15) is 138 Å². The molecule has 0 amide bonds. The number of carboxylic acid groups (broad SMARTS) is 1. The average Bonchev–Trinajstić information content (AvgIpc) is 3.80. The molecule has 0 radical (unpaired) electrons. The monoisotopic (exact) mass is 694 g/mol. The fraction of sp³-hybridized carbons (Fsp3) is 0.878. The summed E-state index contributed by atoms with van der Waals surface area (Å²) in [5.41, 5.74) is 13.1. The van der Waals surface area contributed by atoms with Crippen LogP contribution >= 0.6 is 0 Å². The highest BCUT2D eigenvalue weighted by Crippen LogP contribution is 2.75. The maximum atomic E-state index is 13.5. The van der Waals surface area contributed by atoms with Crippen molar-refractivity contribution < 1.29 is 19.4 Å². The van der Waals surface area contributed by atoms with Gasteiger partial charge in [-0.05, 0) is 104 Å². The topological polar surface area (TPSA) is 139 Å². The number of fused-ring (bicyclic) bond motifs is 3. The molecule has 9 nitrogen and oxygen atoms in total. The largest absolute Gasteiger partial charge is 0.481 e. The quantitative estimate of drug-likeness (QED) is 0.225. The molecule has 4 saturated carbocycles. The summed E-state index contributed by atoms with van der Waals surface area (Å²) in [6, 6.07) is -0.0578. The first-order chi connectivity index (χ1) is 23.3. The van der Waals surface area contributed by atoms with Gasteiger partial charge in [0.05, 0.1) is 37.9 Å². The fourth-order valence-electron chi connectivity index (χ4n) is 12.8. The van der Waals surface area contributed by atoms with Crippen LogP contribution in [-0.4, -0.2) is 57.3 Å². The van der Waals surface area contributed by atoms with E-state index in [4.69, 9.17) is 31.0 Å². The number of allylic oxidation sites excluding steroid dienone is 1. The van der Waals surface area contributed by atoms with Gasteiger partial charge < -0.3 is 26.0 Å². The molecule has 2 bridgehead atoms. The predicted octanol–water partition coefficient (Wildman–Crippen LogP) is 7.63. The molecular formula is C41H67N5O4. The fourth-order valence-corrected chi connectivity index (χ4v) is 12.8. The van der Waals surface area contributed by atoms with E-state index >= 15 is 0 Å². The number of carboxylic acids is 1. The van der Waals surface area contributed by atoms with Gasteiger partial charge in [-0.2, -0.15) is 4.98 Å². The highest BCUT2D eigenvalue weighted by Gasteiger charge is 2.72. The SMILES string of the molecule is CC(C)[C@@H](C)[C@@]1(C)CC[C@]2(C)[C@H]3CC[C@@H]4[C@@]5(COC[C@]4(C)[C@@H](OC[C@](C)(N)C(C)C)[C@H](n4nc(N)nc4C4CC4)C5)C3=CC[C@@]2(C)[C@@H]1C(=O)O. The van der Waals surface area contributed by atoms with Gasteiger partial charge in [0, 0.05) is 22.3 Å². The Kier molecular flexibility index (Phi) is 8.56. The summed E-state index contributed by atoms with van der Waals surface area (Å²) in [5, 5.41) is 16.0.